The fourth-order valence-electron chi connectivity index (χ4n) is 10.1. The summed E-state index contributed by atoms with van der Waals surface area (Å²) >= 11 is 0. The zero-order valence-electron chi connectivity index (χ0n) is 59.1. The Kier molecular flexibility index (Phi) is 36.6. The second-order valence-electron chi connectivity index (χ2n) is 24.4. The molecule has 5 rings (SSSR count). The Morgan fingerprint density at radius 2 is 0.755 bits per heavy atom. The zero-order valence-corrected chi connectivity index (χ0v) is 64.0. The molecule has 598 valence electrons. The van der Waals surface area contributed by atoms with Crippen molar-refractivity contribution < 1.29 is 130 Å². The third-order valence-electron chi connectivity index (χ3n) is 15.4. The van der Waals surface area contributed by atoms with E-state index in [0.717, 1.165) is 37.1 Å². The molecular formula is C63H96N8O29S6. The fourth-order valence-corrected chi connectivity index (χ4v) is 13.0. The molecule has 0 spiro atoms. The van der Waals surface area contributed by atoms with Gasteiger partial charge < -0.3 is 53.8 Å². The monoisotopic (exact) mass is 1620 g/mol. The lowest BCUT2D eigenvalue weighted by molar-refractivity contribution is 0.0943. The number of rotatable bonds is 57. The van der Waals surface area contributed by atoms with Crippen LogP contribution in [0.4, 0.5) is 0 Å². The predicted molar refractivity (Wildman–Crippen MR) is 385 cm³/mol. The molecule has 0 aliphatic rings. The van der Waals surface area contributed by atoms with E-state index in [0.29, 0.717) is 94.0 Å². The summed E-state index contributed by atoms with van der Waals surface area (Å²) in [6.45, 7) is 2.28. The lowest BCUT2D eigenvalue weighted by Gasteiger charge is -2.24. The standard InChI is InChI=1S/C63H96N8O29S6/c1-47(72)48-39-54(93-25-6-4-17-51-45-70(68-67-51)23-9-21-65-62(73)49-41-56(95-27-11-33-101(75,76)77)60(99-31-15-37-105(87,88)89)57(42-49)96-28-12-34-102(78,79)80)53(19-8-20-64-2)55(40-48)94-26-7-5-18-52-46-71(69(52)3)24-10-22-66-63(74)50-43-58(97-29-13-35-103(81,82)83)61(100-32-16-38-106(90,91)92)59(44-50)98-30-14-36-104(84,85)86/h39-46,64H,4-38H2,1-3H3,(H,65,73)(H,66,74)(H,75,76,77)(H,78,79,80)(H,81,82,83)(H,84,85,86)(H,87,88,89)(H,90,91,92). The van der Waals surface area contributed by atoms with Crippen LogP contribution in [-0.2, 0) is 100 Å². The van der Waals surface area contributed by atoms with Crippen LogP contribution in [-0.4, -0.2) is 234 Å². The van der Waals surface area contributed by atoms with E-state index >= 15 is 0 Å². The summed E-state index contributed by atoms with van der Waals surface area (Å²) in [5, 5.41) is 17.3. The van der Waals surface area contributed by atoms with E-state index in [1.807, 2.05) is 29.7 Å². The first-order valence-electron chi connectivity index (χ1n) is 33.9. The quantitative estimate of drug-likeness (QED) is 0.0150. The van der Waals surface area contributed by atoms with Crippen LogP contribution in [0.3, 0.4) is 0 Å². The van der Waals surface area contributed by atoms with Gasteiger partial charge in [0.2, 0.25) is 11.5 Å². The van der Waals surface area contributed by atoms with Crippen molar-refractivity contribution in [2.24, 2.45) is 7.05 Å². The van der Waals surface area contributed by atoms with Crippen molar-refractivity contribution in [3.05, 3.63) is 82.4 Å². The van der Waals surface area contributed by atoms with E-state index in [1.54, 1.807) is 23.0 Å². The number of ketones is 1. The Bertz CT molecular complexity index is 4250. The molecule has 0 fully saturated rings. The minimum Gasteiger partial charge on any atom is -0.493 e. The molecule has 0 saturated heterocycles. The highest BCUT2D eigenvalue weighted by Crippen LogP contribution is 2.41. The fraction of sp³-hybridized carbons (Fsp3) is 0.603. The van der Waals surface area contributed by atoms with Gasteiger partial charge >= 0.3 is 0 Å². The molecular weight excluding hydrogens is 1530 g/mol. The van der Waals surface area contributed by atoms with Crippen molar-refractivity contribution in [2.75, 3.05) is 114 Å². The average Bonchev–Trinajstić information content (AvgIpc) is 1.29. The molecule has 3 aromatic carbocycles. The molecule has 43 heteroatoms. The number of nitrogens with one attached hydrogen (secondary N) is 3. The summed E-state index contributed by atoms with van der Waals surface area (Å²) < 4.78 is 244. The molecule has 2 aromatic heterocycles. The van der Waals surface area contributed by atoms with E-state index in [1.165, 1.54) is 31.2 Å². The first-order valence-corrected chi connectivity index (χ1v) is 43.6. The van der Waals surface area contributed by atoms with Gasteiger partial charge in [0.1, 0.15) is 11.5 Å². The van der Waals surface area contributed by atoms with Crippen molar-refractivity contribution in [1.82, 2.24) is 40.3 Å². The second kappa shape index (κ2) is 43.5. The first kappa shape index (κ1) is 89.2. The summed E-state index contributed by atoms with van der Waals surface area (Å²) in [6.07, 6.45) is 8.96. The van der Waals surface area contributed by atoms with Crippen LogP contribution in [0.15, 0.2) is 48.8 Å². The van der Waals surface area contributed by atoms with Gasteiger partial charge in [-0.3, -0.25) is 55.7 Å². The Labute approximate surface area is 617 Å². The van der Waals surface area contributed by atoms with Gasteiger partial charge in [0, 0.05) is 67.9 Å². The summed E-state index contributed by atoms with van der Waals surface area (Å²) in [7, 11) is -22.4. The van der Waals surface area contributed by atoms with Crippen LogP contribution < -0.4 is 53.8 Å². The number of Topliss-reactive ketones (excluding diaryl/α,β-unsaturated/α-hetero) is 1. The lowest BCUT2D eigenvalue weighted by Crippen LogP contribution is -2.28. The number of ether oxygens (including phenoxy) is 8. The van der Waals surface area contributed by atoms with Crippen LogP contribution in [0, 0.1) is 0 Å². The lowest BCUT2D eigenvalue weighted by atomic mass is 10.0. The topological polar surface area (TPSA) is 528 Å². The Balaban J connectivity index is 1.11. The number of benzene rings is 3. The molecule has 9 N–H and O–H groups in total. The number of amides is 2. The van der Waals surface area contributed by atoms with Crippen molar-refractivity contribution in [3.8, 4) is 46.0 Å². The van der Waals surface area contributed by atoms with E-state index in [4.69, 9.17) is 37.9 Å². The minimum absolute atomic E-state index is 0.00565. The third-order valence-corrected chi connectivity index (χ3v) is 20.2. The first-order chi connectivity index (χ1) is 49.9. The zero-order chi connectivity index (χ0) is 78.1. The number of hydrogen-bond donors (Lipinski definition) is 9. The van der Waals surface area contributed by atoms with Gasteiger partial charge in [0.05, 0.1) is 98.8 Å². The Morgan fingerprint density at radius 1 is 0.406 bits per heavy atom. The molecule has 0 aliphatic carbocycles. The van der Waals surface area contributed by atoms with Gasteiger partial charge in [0.15, 0.2) is 28.8 Å². The minimum atomic E-state index is -4.36. The van der Waals surface area contributed by atoms with Crippen molar-refractivity contribution in [1.29, 1.82) is 0 Å². The van der Waals surface area contributed by atoms with Gasteiger partial charge in [-0.1, -0.05) is 5.21 Å². The van der Waals surface area contributed by atoms with Gasteiger partial charge in [0.25, 0.3) is 72.5 Å². The second-order valence-corrected chi connectivity index (χ2v) is 33.8. The maximum absolute atomic E-state index is 13.6. The van der Waals surface area contributed by atoms with Crippen LogP contribution in [0.5, 0.6) is 46.0 Å². The van der Waals surface area contributed by atoms with Crippen molar-refractivity contribution in [3.63, 3.8) is 0 Å². The Hall–Kier alpha value is -7.43. The van der Waals surface area contributed by atoms with Crippen molar-refractivity contribution in [2.45, 2.75) is 123 Å². The van der Waals surface area contributed by atoms with E-state index < -0.39 is 107 Å². The van der Waals surface area contributed by atoms with Gasteiger partial charge in [-0.2, -0.15) is 50.5 Å². The molecule has 2 amide bonds. The molecule has 0 atom stereocenters. The smallest absolute Gasteiger partial charge is 0.264 e. The van der Waals surface area contributed by atoms with Crippen molar-refractivity contribution >= 4 is 78.3 Å². The number of nitrogens with zero attached hydrogens (tertiary/aromatic N) is 5. The van der Waals surface area contributed by atoms with Gasteiger partial charge in [-0.25, -0.2) is 0 Å². The summed E-state index contributed by atoms with van der Waals surface area (Å²) in [5.74, 6) is -5.09. The maximum atomic E-state index is 13.6. The number of aryl methyl sites for hydroxylation is 4. The molecule has 0 unspecified atom stereocenters. The van der Waals surface area contributed by atoms with Gasteiger partial charge in [-0.15, -0.1) is 5.10 Å². The molecule has 0 bridgehead atoms. The van der Waals surface area contributed by atoms with Crippen LogP contribution in [0.1, 0.15) is 138 Å². The SMILES string of the molecule is CNCCCc1c(OCCCCc2cn(CCCNC(=O)c3cc(OCCCS(=O)(=O)O)c(OCCCS(=O)(=O)O)c(OCCCS(=O)(=O)O)c3)nn2)cc(C(C)=O)cc1OCCCCc1cn(CCCNC(=O)c2cc(OCCCS(=O)(=O)O)c(OCCCS(=O)(=O)O)c(OCCCS(=O)(=O)O)c2)n1C. The summed E-state index contributed by atoms with van der Waals surface area (Å²) in [4.78, 5) is 39.9. The highest BCUT2D eigenvalue weighted by Gasteiger charge is 2.24. The number of unbranched alkanes of at least 4 members (excludes halogenated alkanes) is 2. The molecule has 0 saturated carbocycles. The summed E-state index contributed by atoms with van der Waals surface area (Å²) in [6, 6.07) is 8.58. The number of hydrogen-bond acceptors (Lipinski definition) is 26. The van der Waals surface area contributed by atoms with Crippen LogP contribution in [0.25, 0.3) is 0 Å². The molecule has 2 heterocycles. The molecule has 0 radical (unpaired) electrons. The normalized spacial score (nSPS) is 12.2. The maximum Gasteiger partial charge on any atom is 0.264 e. The van der Waals surface area contributed by atoms with Crippen LogP contribution >= 0.6 is 0 Å². The molecule has 5 aromatic rings. The highest BCUT2D eigenvalue weighted by atomic mass is 32.2. The molecule has 0 aliphatic heterocycles. The van der Waals surface area contributed by atoms with E-state index in [-0.39, 0.29) is 143 Å². The summed E-state index contributed by atoms with van der Waals surface area (Å²) in [5.41, 5.74) is 3.02. The molecule has 106 heavy (non-hydrogen) atoms. The Morgan fingerprint density at radius 3 is 1.12 bits per heavy atom. The average molecular weight is 1620 g/mol. The predicted octanol–water partition coefficient (Wildman–Crippen LogP) is 4.16. The van der Waals surface area contributed by atoms with Gasteiger partial charge in [-0.05, 0) is 160 Å². The molecule has 37 nitrogen and oxygen atoms in total. The van der Waals surface area contributed by atoms with E-state index in [2.05, 4.69) is 26.3 Å². The van der Waals surface area contributed by atoms with Crippen LogP contribution in [0.2, 0.25) is 0 Å². The number of aromatic nitrogens is 5. The number of carbonyl (C=O) groups is 3. The highest BCUT2D eigenvalue weighted by molar-refractivity contribution is 7.86. The number of carbonyl (C=O) groups excluding carboxylic acids is 3. The van der Waals surface area contributed by atoms with E-state index in [9.17, 15) is 92.2 Å². The third kappa shape index (κ3) is 36.0. The largest absolute Gasteiger partial charge is 0.493 e.